The third-order valence-electron chi connectivity index (χ3n) is 9.16. The van der Waals surface area contributed by atoms with Crippen LogP contribution in [0.15, 0.2) is 219 Å². The Morgan fingerprint density at radius 1 is 0.379 bits per heavy atom. The van der Waals surface area contributed by atoms with Crippen LogP contribution in [0.5, 0.6) is 23.0 Å². The second kappa shape index (κ2) is 23.0. The van der Waals surface area contributed by atoms with Crippen LogP contribution in [-0.4, -0.2) is 21.9 Å². The molecule has 0 fully saturated rings. The molecule has 0 radical (unpaired) electrons. The molecule has 9 aromatic rings. The number of aromatic amines is 2. The van der Waals surface area contributed by atoms with Gasteiger partial charge in [-0.15, -0.1) is 0 Å². The number of hydrogen-bond donors (Lipinski definition) is 4. The summed E-state index contributed by atoms with van der Waals surface area (Å²) in [5.41, 5.74) is 3.31. The Hall–Kier alpha value is -9.56. The van der Waals surface area contributed by atoms with Crippen LogP contribution in [-0.2, 0) is 0 Å². The molecule has 326 valence electrons. The predicted molar refractivity (Wildman–Crippen MR) is 249 cm³/mol. The Morgan fingerprint density at radius 3 is 1.00 bits per heavy atom. The number of ether oxygens (including phenoxy) is 2. The number of rotatable bonds is 14. The minimum atomic E-state index is -1.33. The summed E-state index contributed by atoms with van der Waals surface area (Å²) in [5, 5.41) is 33.7. The zero-order valence-electron chi connectivity index (χ0n) is 35.1. The number of aromatic carboxylic acids is 2. The van der Waals surface area contributed by atoms with E-state index in [-0.39, 0.29) is 11.1 Å². The number of carbonyl (C=O) groups is 2. The zero-order valence-corrected chi connectivity index (χ0v) is 35.1. The SMILES string of the molecule is O=C([O-])c1ccc(C(=O)[O-])cc1.c1ccc(Nc2ccccc2Oc2ccccc2Nc2cccc[nH+]2)nc1.c1ccc(Nc2ccccc2Oc2ccccc2Nc2cccc[nH+]2)nc1. The minimum absolute atomic E-state index is 0.0556. The maximum Gasteiger partial charge on any atom is 0.277 e. The Bertz CT molecular complexity index is 2570. The molecule has 0 atom stereocenters. The molecule has 0 saturated carbocycles. The van der Waals surface area contributed by atoms with E-state index in [2.05, 4.69) is 41.2 Å². The molecule has 14 heteroatoms. The van der Waals surface area contributed by atoms with E-state index in [9.17, 15) is 19.8 Å². The third-order valence-corrected chi connectivity index (χ3v) is 9.16. The highest BCUT2D eigenvalue weighted by molar-refractivity contribution is 5.89. The fourth-order valence-corrected chi connectivity index (χ4v) is 6.00. The van der Waals surface area contributed by atoms with Crippen LogP contribution in [0.3, 0.4) is 0 Å². The van der Waals surface area contributed by atoms with Gasteiger partial charge in [0.2, 0.25) is 0 Å². The van der Waals surface area contributed by atoms with Crippen molar-refractivity contribution in [1.29, 1.82) is 0 Å². The molecule has 0 unspecified atom stereocenters. The number of pyridine rings is 4. The number of carboxylic acids is 2. The van der Waals surface area contributed by atoms with Gasteiger partial charge in [-0.2, -0.15) is 0 Å². The van der Waals surface area contributed by atoms with Crippen molar-refractivity contribution in [3.8, 4) is 23.0 Å². The topological polar surface area (TPSA) is 201 Å². The molecule has 0 aliphatic heterocycles. The van der Waals surface area contributed by atoms with Gasteiger partial charge in [0, 0.05) is 24.5 Å². The van der Waals surface area contributed by atoms with Gasteiger partial charge in [-0.25, -0.2) is 30.6 Å². The Balaban J connectivity index is 0.000000158. The lowest BCUT2D eigenvalue weighted by Crippen LogP contribution is -2.24. The van der Waals surface area contributed by atoms with Gasteiger partial charge >= 0.3 is 0 Å². The molecule has 0 bridgehead atoms. The number of anilines is 8. The molecule has 4 heterocycles. The predicted octanol–water partition coefficient (Wildman–Crippen LogP) is 8.76. The number of nitrogens with one attached hydrogen (secondary N) is 6. The number of H-pyrrole nitrogens is 2. The van der Waals surface area contributed by atoms with Gasteiger partial charge in [-0.05, 0) is 96.1 Å². The molecule has 0 amide bonds. The van der Waals surface area contributed by atoms with Crippen molar-refractivity contribution in [2.45, 2.75) is 0 Å². The number of aromatic nitrogens is 4. The second-order valence-corrected chi connectivity index (χ2v) is 13.8. The summed E-state index contributed by atoms with van der Waals surface area (Å²) in [6, 6.07) is 59.1. The van der Waals surface area contributed by atoms with E-state index < -0.39 is 11.9 Å². The molecular formula is C52H42N8O6. The molecule has 9 rings (SSSR count). The van der Waals surface area contributed by atoms with E-state index >= 15 is 0 Å². The molecule has 0 aliphatic carbocycles. The van der Waals surface area contributed by atoms with Crippen molar-refractivity contribution in [3.05, 3.63) is 230 Å². The largest absolute Gasteiger partial charge is 0.545 e. The van der Waals surface area contributed by atoms with Crippen LogP contribution in [0.2, 0.25) is 0 Å². The number of carboxylic acid groups (broad SMARTS) is 2. The van der Waals surface area contributed by atoms with E-state index in [0.717, 1.165) is 93.3 Å². The highest BCUT2D eigenvalue weighted by Gasteiger charge is 2.14. The van der Waals surface area contributed by atoms with Gasteiger partial charge in [0.25, 0.3) is 11.6 Å². The lowest BCUT2D eigenvalue weighted by atomic mass is 10.1. The van der Waals surface area contributed by atoms with Crippen LogP contribution in [0.25, 0.3) is 0 Å². The maximum atomic E-state index is 10.2. The molecular weight excluding hydrogens is 833 g/mol. The van der Waals surface area contributed by atoms with Gasteiger partial charge in [-0.1, -0.05) is 97.1 Å². The number of hydrogen-bond acceptors (Lipinski definition) is 12. The summed E-state index contributed by atoms with van der Waals surface area (Å²) in [7, 11) is 0. The molecule has 0 aliphatic rings. The summed E-state index contributed by atoms with van der Waals surface area (Å²) < 4.78 is 12.4. The number of benzene rings is 5. The summed E-state index contributed by atoms with van der Waals surface area (Å²) >= 11 is 0. The van der Waals surface area contributed by atoms with Crippen LogP contribution in [0.4, 0.5) is 46.0 Å². The lowest BCUT2D eigenvalue weighted by molar-refractivity contribution is -0.361. The standard InChI is InChI=1S/2C22H18N4O.C8H6O4/c2*1-3-11-19(17(9-1)25-21-13-5-7-15-23-21)27-20-12-4-2-10-18(20)26-22-14-6-8-16-24-22;9-7(10)5-1-2-6(4-3-5)8(11)12/h2*1-16H,(H,23,25)(H,24,26);1-4H,(H,9,10)(H,11,12). The van der Waals surface area contributed by atoms with Crippen molar-refractivity contribution in [1.82, 2.24) is 9.97 Å². The smallest absolute Gasteiger partial charge is 0.277 e. The lowest BCUT2D eigenvalue weighted by Gasteiger charge is -2.13. The fourth-order valence-electron chi connectivity index (χ4n) is 6.00. The Labute approximate surface area is 380 Å². The average Bonchev–Trinajstić information content (AvgIpc) is 3.36. The summed E-state index contributed by atoms with van der Waals surface area (Å²) in [6.45, 7) is 0. The molecule has 0 spiro atoms. The van der Waals surface area contributed by atoms with Crippen molar-refractivity contribution >= 4 is 58.0 Å². The Kier molecular flexibility index (Phi) is 15.5. The van der Waals surface area contributed by atoms with Gasteiger partial charge in [-0.3, -0.25) is 0 Å². The third kappa shape index (κ3) is 13.2. The fraction of sp³-hybridized carbons (Fsp3) is 0. The quantitative estimate of drug-likeness (QED) is 0.0811. The van der Waals surface area contributed by atoms with Crippen LogP contribution >= 0.6 is 0 Å². The molecule has 4 aromatic heterocycles. The van der Waals surface area contributed by atoms with E-state index in [1.54, 1.807) is 12.4 Å². The first kappa shape index (κ1) is 44.5. The monoisotopic (exact) mass is 874 g/mol. The second-order valence-electron chi connectivity index (χ2n) is 13.8. The molecule has 5 aromatic carbocycles. The summed E-state index contributed by atoms with van der Waals surface area (Å²) in [5.74, 6) is 3.51. The molecule has 14 nitrogen and oxygen atoms in total. The summed E-state index contributed by atoms with van der Waals surface area (Å²) in [4.78, 5) is 35.4. The van der Waals surface area contributed by atoms with E-state index in [1.807, 2.05) is 182 Å². The number of para-hydroxylation sites is 8. The molecule has 66 heavy (non-hydrogen) atoms. The normalized spacial score (nSPS) is 10.1. The Morgan fingerprint density at radius 2 is 0.697 bits per heavy atom. The highest BCUT2D eigenvalue weighted by Crippen LogP contribution is 2.37. The van der Waals surface area contributed by atoms with Crippen molar-refractivity contribution in [2.75, 3.05) is 21.3 Å². The number of carbonyl (C=O) groups excluding carboxylic acids is 2. The van der Waals surface area contributed by atoms with Gasteiger partial charge in [0.05, 0.1) is 35.7 Å². The van der Waals surface area contributed by atoms with Crippen molar-refractivity contribution in [3.63, 3.8) is 0 Å². The summed E-state index contributed by atoms with van der Waals surface area (Å²) in [6.07, 6.45) is 7.25. The molecule has 0 saturated heterocycles. The van der Waals surface area contributed by atoms with Crippen molar-refractivity contribution < 1.29 is 39.2 Å². The van der Waals surface area contributed by atoms with E-state index in [0.29, 0.717) is 0 Å². The van der Waals surface area contributed by atoms with Crippen LogP contribution in [0, 0.1) is 0 Å². The first-order valence-electron chi connectivity index (χ1n) is 20.5. The first-order valence-corrected chi connectivity index (χ1v) is 20.5. The van der Waals surface area contributed by atoms with Gasteiger partial charge < -0.3 is 39.9 Å². The maximum absolute atomic E-state index is 10.2. The minimum Gasteiger partial charge on any atom is -0.545 e. The van der Waals surface area contributed by atoms with E-state index in [4.69, 9.17) is 9.47 Å². The van der Waals surface area contributed by atoms with Crippen LogP contribution in [0.1, 0.15) is 20.7 Å². The zero-order chi connectivity index (χ0) is 45.8. The number of nitrogens with zero attached hydrogens (tertiary/aromatic N) is 2. The van der Waals surface area contributed by atoms with Gasteiger partial charge in [0.15, 0.2) is 34.4 Å². The van der Waals surface area contributed by atoms with Gasteiger partial charge in [0.1, 0.15) is 11.6 Å². The highest BCUT2D eigenvalue weighted by atomic mass is 16.5. The van der Waals surface area contributed by atoms with Crippen LogP contribution < -0.4 is 50.9 Å². The first-order chi connectivity index (χ1) is 32.4. The van der Waals surface area contributed by atoms with Crippen molar-refractivity contribution in [2.24, 2.45) is 0 Å². The molecule has 6 N–H and O–H groups in total. The van der Waals surface area contributed by atoms with E-state index in [1.165, 1.54) is 0 Å². The average molecular weight is 875 g/mol.